The van der Waals surface area contributed by atoms with Crippen LogP contribution in [-0.2, 0) is 16.1 Å². The Balaban J connectivity index is 1.57. The predicted molar refractivity (Wildman–Crippen MR) is 104 cm³/mol. The van der Waals surface area contributed by atoms with Gasteiger partial charge in [-0.2, -0.15) is 5.10 Å². The number of nitrogens with zero attached hydrogens (tertiary/aromatic N) is 2. The molecule has 0 atom stereocenters. The summed E-state index contributed by atoms with van der Waals surface area (Å²) in [5, 5.41) is 13.4. The minimum atomic E-state index is -0.896. The van der Waals surface area contributed by atoms with E-state index in [9.17, 15) is 4.79 Å². The van der Waals surface area contributed by atoms with E-state index in [0.717, 1.165) is 42.5 Å². The van der Waals surface area contributed by atoms with E-state index in [1.165, 1.54) is 11.1 Å². The van der Waals surface area contributed by atoms with Crippen LogP contribution in [0.15, 0.2) is 34.9 Å². The molecule has 1 heterocycles. The Morgan fingerprint density at radius 1 is 1.23 bits per heavy atom. The highest BCUT2D eigenvalue weighted by Gasteiger charge is 2.24. The van der Waals surface area contributed by atoms with Crippen LogP contribution < -0.4 is 0 Å². The maximum absolute atomic E-state index is 10.5. The number of aryl methyl sites for hydroxylation is 1. The minimum Gasteiger partial charge on any atom is -0.480 e. The third-order valence-corrected chi connectivity index (χ3v) is 5.91. The molecule has 0 saturated heterocycles. The fourth-order valence-corrected chi connectivity index (χ4v) is 4.49. The second-order valence-electron chi connectivity index (χ2n) is 7.09. The van der Waals surface area contributed by atoms with Gasteiger partial charge in [0.05, 0.1) is 12.3 Å². The van der Waals surface area contributed by atoms with Gasteiger partial charge in [-0.3, -0.25) is 4.68 Å². The lowest BCUT2D eigenvalue weighted by molar-refractivity contribution is -0.142. The van der Waals surface area contributed by atoms with Crippen molar-refractivity contribution in [1.29, 1.82) is 0 Å². The van der Waals surface area contributed by atoms with Gasteiger partial charge in [0.25, 0.3) is 0 Å². The number of carboxylic acids is 1. The summed E-state index contributed by atoms with van der Waals surface area (Å²) in [6.45, 7) is 3.33. The van der Waals surface area contributed by atoms with Crippen molar-refractivity contribution in [2.45, 2.75) is 39.2 Å². The van der Waals surface area contributed by atoms with Crippen LogP contribution in [0.4, 0.5) is 0 Å². The highest BCUT2D eigenvalue weighted by Crippen LogP contribution is 2.34. The molecule has 1 fully saturated rings. The highest BCUT2D eigenvalue weighted by atomic mass is 79.9. The van der Waals surface area contributed by atoms with Crippen molar-refractivity contribution in [2.24, 2.45) is 11.8 Å². The average Bonchev–Trinajstić information content (AvgIpc) is 2.90. The third kappa shape index (κ3) is 4.74. The van der Waals surface area contributed by atoms with Crippen molar-refractivity contribution < 1.29 is 14.6 Å². The van der Waals surface area contributed by atoms with Gasteiger partial charge in [0.2, 0.25) is 0 Å². The fourth-order valence-electron chi connectivity index (χ4n) is 3.75. The Kier molecular flexibility index (Phi) is 6.48. The van der Waals surface area contributed by atoms with Gasteiger partial charge in [-0.1, -0.05) is 30.3 Å². The first-order valence-corrected chi connectivity index (χ1v) is 9.91. The maximum Gasteiger partial charge on any atom is 0.329 e. The van der Waals surface area contributed by atoms with Crippen molar-refractivity contribution in [3.63, 3.8) is 0 Å². The number of rotatable bonds is 7. The zero-order chi connectivity index (χ0) is 18.5. The molecule has 6 heteroatoms. The van der Waals surface area contributed by atoms with E-state index in [4.69, 9.17) is 14.9 Å². The molecule has 1 aliphatic rings. The molecular formula is C20H25BrN2O3. The van der Waals surface area contributed by atoms with Crippen LogP contribution in [0.3, 0.4) is 0 Å². The van der Waals surface area contributed by atoms with Crippen LogP contribution >= 0.6 is 15.9 Å². The van der Waals surface area contributed by atoms with E-state index in [1.807, 2.05) is 18.2 Å². The lowest BCUT2D eigenvalue weighted by Gasteiger charge is -2.28. The molecule has 0 unspecified atom stereocenters. The van der Waals surface area contributed by atoms with Crippen molar-refractivity contribution in [2.75, 3.05) is 13.2 Å². The van der Waals surface area contributed by atoms with Gasteiger partial charge in [0, 0.05) is 12.1 Å². The smallest absolute Gasteiger partial charge is 0.329 e. The van der Waals surface area contributed by atoms with E-state index in [0.29, 0.717) is 18.4 Å². The Bertz CT molecular complexity index is 737. The van der Waals surface area contributed by atoms with Gasteiger partial charge < -0.3 is 9.84 Å². The van der Waals surface area contributed by atoms with Crippen LogP contribution in [-0.4, -0.2) is 34.1 Å². The van der Waals surface area contributed by atoms with E-state index in [2.05, 4.69) is 39.7 Å². The first-order chi connectivity index (χ1) is 12.5. The summed E-state index contributed by atoms with van der Waals surface area (Å²) >= 11 is 3.75. The molecule has 0 aliphatic heterocycles. The van der Waals surface area contributed by atoms with Gasteiger partial charge in [0.15, 0.2) is 0 Å². The normalized spacial score (nSPS) is 20.2. The van der Waals surface area contributed by atoms with Crippen molar-refractivity contribution in [3.05, 3.63) is 40.6 Å². The first kappa shape index (κ1) is 19.1. The molecule has 0 radical (unpaired) electrons. The molecule has 2 aromatic rings. The average molecular weight is 421 g/mol. The number of halogens is 1. The summed E-state index contributed by atoms with van der Waals surface area (Å²) in [4.78, 5) is 10.5. The van der Waals surface area contributed by atoms with Crippen molar-refractivity contribution in [1.82, 2.24) is 9.78 Å². The minimum absolute atomic E-state index is 0.193. The lowest BCUT2D eigenvalue weighted by atomic mass is 9.82. The summed E-state index contributed by atoms with van der Waals surface area (Å²) in [6, 6.07) is 10.3. The second-order valence-corrected chi connectivity index (χ2v) is 7.85. The number of hydrogen-bond donors (Lipinski definition) is 1. The standard InChI is InChI=1S/C20H25BrN2O3/c1-14-19(17-5-3-2-4-6-17)20(21)23(22-14)11-15-7-9-16(10-8-15)12-26-13-18(24)25/h2-6,15-16H,7-13H2,1H3,(H,24,25). The second kappa shape index (κ2) is 8.82. The topological polar surface area (TPSA) is 64.4 Å². The number of carbonyl (C=O) groups is 1. The van der Waals surface area contributed by atoms with E-state index in [1.54, 1.807) is 0 Å². The summed E-state index contributed by atoms with van der Waals surface area (Å²) in [5.74, 6) is 0.185. The summed E-state index contributed by atoms with van der Waals surface area (Å²) < 4.78 is 8.39. The van der Waals surface area contributed by atoms with Crippen molar-refractivity contribution >= 4 is 21.9 Å². The van der Waals surface area contributed by atoms with E-state index >= 15 is 0 Å². The van der Waals surface area contributed by atoms with Gasteiger partial charge in [-0.25, -0.2) is 4.79 Å². The summed E-state index contributed by atoms with van der Waals surface area (Å²) in [7, 11) is 0. The Morgan fingerprint density at radius 2 is 1.88 bits per heavy atom. The molecule has 26 heavy (non-hydrogen) atoms. The zero-order valence-electron chi connectivity index (χ0n) is 15.0. The molecule has 1 aromatic heterocycles. The third-order valence-electron chi connectivity index (χ3n) is 5.10. The first-order valence-electron chi connectivity index (χ1n) is 9.12. The SMILES string of the molecule is Cc1nn(CC2CCC(COCC(=O)O)CC2)c(Br)c1-c1ccccc1. The van der Waals surface area contributed by atoms with Crippen LogP contribution in [0.25, 0.3) is 11.1 Å². The van der Waals surface area contributed by atoms with Gasteiger partial charge >= 0.3 is 5.97 Å². The Labute approximate surface area is 162 Å². The number of aromatic nitrogens is 2. The zero-order valence-corrected chi connectivity index (χ0v) is 16.6. The molecule has 1 saturated carbocycles. The number of ether oxygens (including phenoxy) is 1. The Hall–Kier alpha value is -1.66. The monoisotopic (exact) mass is 420 g/mol. The van der Waals surface area contributed by atoms with E-state index in [-0.39, 0.29) is 6.61 Å². The van der Waals surface area contributed by atoms with Gasteiger partial charge in [0.1, 0.15) is 11.2 Å². The number of hydrogen-bond acceptors (Lipinski definition) is 3. The summed E-state index contributed by atoms with van der Waals surface area (Å²) in [5.41, 5.74) is 3.39. The molecule has 140 valence electrons. The lowest BCUT2D eigenvalue weighted by Crippen LogP contribution is -2.23. The molecule has 5 nitrogen and oxygen atoms in total. The highest BCUT2D eigenvalue weighted by molar-refractivity contribution is 9.10. The molecule has 0 spiro atoms. The van der Waals surface area contributed by atoms with Gasteiger partial charge in [-0.15, -0.1) is 0 Å². The summed E-state index contributed by atoms with van der Waals surface area (Å²) in [6.07, 6.45) is 4.45. The predicted octanol–water partition coefficient (Wildman–Crippen LogP) is 4.53. The van der Waals surface area contributed by atoms with E-state index < -0.39 is 5.97 Å². The fraction of sp³-hybridized carbons (Fsp3) is 0.500. The number of aliphatic carboxylic acids is 1. The van der Waals surface area contributed by atoms with Crippen LogP contribution in [0.2, 0.25) is 0 Å². The largest absolute Gasteiger partial charge is 0.480 e. The molecule has 1 aromatic carbocycles. The molecular weight excluding hydrogens is 396 g/mol. The number of carboxylic acid groups (broad SMARTS) is 1. The molecule has 1 aliphatic carbocycles. The quantitative estimate of drug-likeness (QED) is 0.714. The molecule has 0 bridgehead atoms. The van der Waals surface area contributed by atoms with Crippen LogP contribution in [0.5, 0.6) is 0 Å². The van der Waals surface area contributed by atoms with Crippen LogP contribution in [0, 0.1) is 18.8 Å². The van der Waals surface area contributed by atoms with Gasteiger partial charge in [-0.05, 0) is 65.9 Å². The molecule has 0 amide bonds. The molecule has 3 rings (SSSR count). The molecule has 1 N–H and O–H groups in total. The van der Waals surface area contributed by atoms with Crippen LogP contribution in [0.1, 0.15) is 31.4 Å². The Morgan fingerprint density at radius 3 is 2.54 bits per heavy atom. The van der Waals surface area contributed by atoms with Crippen molar-refractivity contribution in [3.8, 4) is 11.1 Å². The number of benzene rings is 1. The maximum atomic E-state index is 10.5.